The van der Waals surface area contributed by atoms with Gasteiger partial charge in [0.05, 0.1) is 0 Å². The lowest BCUT2D eigenvalue weighted by Crippen LogP contribution is -2.15. The van der Waals surface area contributed by atoms with Crippen molar-refractivity contribution in [3.05, 3.63) is 11.6 Å². The van der Waals surface area contributed by atoms with Gasteiger partial charge in [-0.1, -0.05) is 31.9 Å². The maximum absolute atomic E-state index is 3.39. The summed E-state index contributed by atoms with van der Waals surface area (Å²) in [4.78, 5) is 0. The zero-order valence-corrected chi connectivity index (χ0v) is 8.82. The molecule has 12 heavy (non-hydrogen) atoms. The first-order valence-corrected chi connectivity index (χ1v) is 5.17. The van der Waals surface area contributed by atoms with Crippen molar-refractivity contribution >= 4 is 0 Å². The molecule has 0 spiro atoms. The van der Waals surface area contributed by atoms with Gasteiger partial charge in [0.2, 0.25) is 0 Å². The fourth-order valence-corrected chi connectivity index (χ4v) is 1.22. The molecule has 0 aliphatic rings. The Morgan fingerprint density at radius 3 is 2.50 bits per heavy atom. The minimum Gasteiger partial charge on any atom is -0.316 e. The van der Waals surface area contributed by atoms with Crippen LogP contribution >= 0.6 is 0 Å². The average Bonchev–Trinajstić information content (AvgIpc) is 2.05. The molecule has 0 amide bonds. The van der Waals surface area contributed by atoms with E-state index >= 15 is 0 Å². The van der Waals surface area contributed by atoms with Crippen molar-refractivity contribution in [1.82, 2.24) is 5.32 Å². The highest BCUT2D eigenvalue weighted by molar-refractivity contribution is 4.97. The van der Waals surface area contributed by atoms with E-state index in [1.165, 1.54) is 31.3 Å². The van der Waals surface area contributed by atoms with Gasteiger partial charge in [-0.2, -0.15) is 0 Å². The Hall–Kier alpha value is -0.300. The van der Waals surface area contributed by atoms with Crippen LogP contribution in [-0.4, -0.2) is 13.1 Å². The minimum atomic E-state index is 1.13. The van der Waals surface area contributed by atoms with Crippen LogP contribution in [0.4, 0.5) is 0 Å². The van der Waals surface area contributed by atoms with Crippen LogP contribution in [0.15, 0.2) is 11.6 Å². The first-order chi connectivity index (χ1) is 5.81. The third-order valence-electron chi connectivity index (χ3n) is 1.89. The third-order valence-corrected chi connectivity index (χ3v) is 1.89. The summed E-state index contributed by atoms with van der Waals surface area (Å²) in [5.41, 5.74) is 1.54. The van der Waals surface area contributed by atoms with Gasteiger partial charge in [0.1, 0.15) is 0 Å². The van der Waals surface area contributed by atoms with E-state index in [9.17, 15) is 0 Å². The van der Waals surface area contributed by atoms with Gasteiger partial charge >= 0.3 is 0 Å². The minimum absolute atomic E-state index is 1.13. The van der Waals surface area contributed by atoms with E-state index in [2.05, 4.69) is 32.2 Å². The van der Waals surface area contributed by atoms with E-state index < -0.39 is 0 Å². The summed E-state index contributed by atoms with van der Waals surface area (Å²) in [7, 11) is 0. The molecule has 1 N–H and O–H groups in total. The van der Waals surface area contributed by atoms with Gasteiger partial charge in [-0.15, -0.1) is 0 Å². The molecule has 0 aliphatic heterocycles. The van der Waals surface area contributed by atoms with Crippen LogP contribution in [0.1, 0.15) is 46.5 Å². The van der Waals surface area contributed by atoms with Crippen LogP contribution in [0, 0.1) is 0 Å². The second kappa shape index (κ2) is 8.79. The lowest BCUT2D eigenvalue weighted by atomic mass is 10.1. The highest BCUT2D eigenvalue weighted by Crippen LogP contribution is 2.03. The summed E-state index contributed by atoms with van der Waals surface area (Å²) in [5, 5.41) is 3.39. The number of rotatable bonds is 7. The maximum Gasteiger partial charge on any atom is -0.00142 e. The second-order valence-corrected chi connectivity index (χ2v) is 3.34. The molecule has 1 nitrogen and oxygen atoms in total. The van der Waals surface area contributed by atoms with Crippen LogP contribution < -0.4 is 5.32 Å². The van der Waals surface area contributed by atoms with E-state index in [0.29, 0.717) is 0 Å². The Balaban J connectivity index is 3.21. The SMILES string of the molecule is CCCNCCC=C(C)CCC. The Bertz CT molecular complexity index is 116. The molecule has 1 heteroatoms. The van der Waals surface area contributed by atoms with E-state index in [4.69, 9.17) is 0 Å². The van der Waals surface area contributed by atoms with Crippen LogP contribution in [0.5, 0.6) is 0 Å². The van der Waals surface area contributed by atoms with Crippen LogP contribution in [-0.2, 0) is 0 Å². The number of hydrogen-bond donors (Lipinski definition) is 1. The van der Waals surface area contributed by atoms with E-state index in [1.54, 1.807) is 0 Å². The topological polar surface area (TPSA) is 12.0 Å². The molecule has 0 aromatic heterocycles. The van der Waals surface area contributed by atoms with Gasteiger partial charge in [0.15, 0.2) is 0 Å². The molecule has 0 heterocycles. The summed E-state index contributed by atoms with van der Waals surface area (Å²) in [5.74, 6) is 0. The van der Waals surface area contributed by atoms with E-state index in [-0.39, 0.29) is 0 Å². The normalized spacial score (nSPS) is 12.1. The smallest absolute Gasteiger partial charge is 0.00142 e. The van der Waals surface area contributed by atoms with Crippen molar-refractivity contribution in [3.8, 4) is 0 Å². The van der Waals surface area contributed by atoms with Gasteiger partial charge in [0, 0.05) is 0 Å². The largest absolute Gasteiger partial charge is 0.316 e. The zero-order chi connectivity index (χ0) is 9.23. The monoisotopic (exact) mass is 169 g/mol. The molecule has 0 aromatic rings. The van der Waals surface area contributed by atoms with Gasteiger partial charge < -0.3 is 5.32 Å². The zero-order valence-electron chi connectivity index (χ0n) is 8.82. The number of hydrogen-bond acceptors (Lipinski definition) is 1. The molecule has 0 rings (SSSR count). The maximum atomic E-state index is 3.39. The lowest BCUT2D eigenvalue weighted by molar-refractivity contribution is 0.676. The summed E-state index contributed by atoms with van der Waals surface area (Å²) >= 11 is 0. The Morgan fingerprint density at radius 2 is 1.92 bits per heavy atom. The molecule has 0 radical (unpaired) electrons. The first-order valence-electron chi connectivity index (χ1n) is 5.17. The predicted molar refractivity (Wildman–Crippen MR) is 56.4 cm³/mol. The molecule has 0 saturated carbocycles. The average molecular weight is 169 g/mol. The highest BCUT2D eigenvalue weighted by Gasteiger charge is 1.87. The standard InChI is InChI=1S/C11H23N/c1-4-7-11(3)8-6-10-12-9-5-2/h8,12H,4-7,9-10H2,1-3H3. The highest BCUT2D eigenvalue weighted by atomic mass is 14.8. The predicted octanol–water partition coefficient (Wildman–Crippen LogP) is 3.12. The van der Waals surface area contributed by atoms with E-state index in [0.717, 1.165) is 13.1 Å². The van der Waals surface area contributed by atoms with Crippen LogP contribution in [0.2, 0.25) is 0 Å². The van der Waals surface area contributed by atoms with Gasteiger partial charge in [-0.25, -0.2) is 0 Å². The lowest BCUT2D eigenvalue weighted by Gasteiger charge is -2.00. The van der Waals surface area contributed by atoms with Gasteiger partial charge in [0.25, 0.3) is 0 Å². The summed E-state index contributed by atoms with van der Waals surface area (Å²) in [6.45, 7) is 8.94. The summed E-state index contributed by atoms with van der Waals surface area (Å²) in [6, 6.07) is 0. The van der Waals surface area contributed by atoms with Crippen molar-refractivity contribution < 1.29 is 0 Å². The molecule has 0 aromatic carbocycles. The quantitative estimate of drug-likeness (QED) is 0.456. The Kier molecular flexibility index (Phi) is 8.57. The molecule has 0 unspecified atom stereocenters. The first kappa shape index (κ1) is 11.7. The van der Waals surface area contributed by atoms with Crippen molar-refractivity contribution in [3.63, 3.8) is 0 Å². The number of allylic oxidation sites excluding steroid dienone is 1. The van der Waals surface area contributed by atoms with Gasteiger partial charge in [-0.3, -0.25) is 0 Å². The molecule has 0 fully saturated rings. The second-order valence-electron chi connectivity index (χ2n) is 3.34. The third kappa shape index (κ3) is 7.80. The molecule has 0 bridgehead atoms. The van der Waals surface area contributed by atoms with Crippen LogP contribution in [0.3, 0.4) is 0 Å². The van der Waals surface area contributed by atoms with E-state index in [1.807, 2.05) is 0 Å². The van der Waals surface area contributed by atoms with Crippen molar-refractivity contribution in [2.75, 3.05) is 13.1 Å². The summed E-state index contributed by atoms with van der Waals surface area (Å²) in [6.07, 6.45) is 7.30. The fraction of sp³-hybridized carbons (Fsp3) is 0.818. The van der Waals surface area contributed by atoms with Gasteiger partial charge in [-0.05, 0) is 39.3 Å². The summed E-state index contributed by atoms with van der Waals surface area (Å²) < 4.78 is 0. The molecule has 0 saturated heterocycles. The van der Waals surface area contributed by atoms with Crippen LogP contribution in [0.25, 0.3) is 0 Å². The van der Waals surface area contributed by atoms with Crippen molar-refractivity contribution in [2.24, 2.45) is 0 Å². The Labute approximate surface area is 77.2 Å². The van der Waals surface area contributed by atoms with Crippen molar-refractivity contribution in [1.29, 1.82) is 0 Å². The molecule has 0 aliphatic carbocycles. The fourth-order valence-electron chi connectivity index (χ4n) is 1.22. The molecule has 0 atom stereocenters. The number of nitrogens with one attached hydrogen (secondary N) is 1. The molecule has 72 valence electrons. The molecular formula is C11H23N. The molecular weight excluding hydrogens is 146 g/mol. The Morgan fingerprint density at radius 1 is 1.17 bits per heavy atom. The van der Waals surface area contributed by atoms with Crippen molar-refractivity contribution in [2.45, 2.75) is 46.5 Å².